The van der Waals surface area contributed by atoms with Gasteiger partial charge < -0.3 is 8.95 Å². The van der Waals surface area contributed by atoms with E-state index in [2.05, 4.69) is 186 Å². The topological polar surface area (TPSA) is 108 Å². The minimum Gasteiger partial charge on any atom is -0.373 e. The van der Waals surface area contributed by atoms with Crippen molar-refractivity contribution in [2.24, 2.45) is 34.9 Å². The molecule has 0 spiro atoms. The van der Waals surface area contributed by atoms with Gasteiger partial charge in [0.2, 0.25) is 8.32 Å². The second kappa shape index (κ2) is 19.0. The van der Waals surface area contributed by atoms with Gasteiger partial charge in [0, 0.05) is 44.5 Å². The van der Waals surface area contributed by atoms with Crippen LogP contribution in [-0.2, 0) is 14.8 Å². The molecule has 0 aliphatic carbocycles. The van der Waals surface area contributed by atoms with Crippen LogP contribution in [0.15, 0.2) is 181 Å². The van der Waals surface area contributed by atoms with Crippen molar-refractivity contribution in [2.45, 2.75) is 109 Å². The molecule has 8 aromatic rings. The molecule has 5 aliphatic rings. The Balaban J connectivity index is 1.13. The van der Waals surface area contributed by atoms with E-state index in [9.17, 15) is 0 Å². The second-order valence-electron chi connectivity index (χ2n) is 22.3. The fraction of sp³-hybridized carbons (Fsp3) is 0.266. The molecule has 13 rings (SSSR count). The van der Waals surface area contributed by atoms with Gasteiger partial charge in [-0.2, -0.15) is 5.06 Å². The third-order valence-electron chi connectivity index (χ3n) is 15.6. The van der Waals surface area contributed by atoms with Crippen LogP contribution in [0.1, 0.15) is 110 Å². The SMILES string of the molecule is CCCCCC[Si](C)(C)ON1C2=NC(=NC3=NC(=NC4(O[Si](C)(C)CCCCCC)N=C(N=C5N=C1c1cc6ccccc6cc15)c1cc5ccccc5cc14)c1cc4ccccc4cc13)c1cc3ccccc3cc12. The third-order valence-corrected chi connectivity index (χ3v) is 20.2. The van der Waals surface area contributed by atoms with Gasteiger partial charge in [0.05, 0.1) is 0 Å². The van der Waals surface area contributed by atoms with Crippen molar-refractivity contribution in [3.8, 4) is 0 Å². The average Bonchev–Trinajstić information content (AvgIpc) is 4.13. The van der Waals surface area contributed by atoms with Crippen LogP contribution in [0.4, 0.5) is 0 Å². The van der Waals surface area contributed by atoms with Crippen molar-refractivity contribution in [3.63, 3.8) is 0 Å². The van der Waals surface area contributed by atoms with Crippen molar-refractivity contribution >= 4 is 101 Å². The lowest BCUT2D eigenvalue weighted by Crippen LogP contribution is -2.46. The van der Waals surface area contributed by atoms with Gasteiger partial charge in [0.15, 0.2) is 49.2 Å². The number of rotatable bonds is 14. The minimum absolute atomic E-state index is 0.499. The van der Waals surface area contributed by atoms with Crippen molar-refractivity contribution in [2.75, 3.05) is 0 Å². The van der Waals surface area contributed by atoms with Crippen molar-refractivity contribution in [1.82, 2.24) is 5.06 Å². The molecule has 0 aromatic heterocycles. The summed E-state index contributed by atoms with van der Waals surface area (Å²) in [5.41, 5.74) is 6.98. The maximum absolute atomic E-state index is 7.74. The van der Waals surface area contributed by atoms with E-state index in [4.69, 9.17) is 43.9 Å². The van der Waals surface area contributed by atoms with E-state index in [1.165, 1.54) is 19.3 Å². The predicted octanol–water partition coefficient (Wildman–Crippen LogP) is 15.6. The normalized spacial score (nSPS) is 17.5. The van der Waals surface area contributed by atoms with E-state index in [1.807, 2.05) is 5.06 Å². The lowest BCUT2D eigenvalue weighted by molar-refractivity contribution is 0.0793. The Morgan fingerprint density at radius 1 is 0.382 bits per heavy atom. The van der Waals surface area contributed by atoms with Crippen LogP contribution in [0, 0.1) is 0 Å². The number of fused-ring (bicyclic) bond motifs is 20. The Morgan fingerprint density at radius 2 is 0.724 bits per heavy atom. The Hall–Kier alpha value is -7.36. The zero-order valence-corrected chi connectivity index (χ0v) is 46.3. The molecule has 8 bridgehead atoms. The Morgan fingerprint density at radius 3 is 1.17 bits per heavy atom. The molecule has 0 saturated carbocycles. The number of hydrogen-bond donors (Lipinski definition) is 0. The summed E-state index contributed by atoms with van der Waals surface area (Å²) >= 11 is 0. The molecule has 0 saturated heterocycles. The Kier molecular flexibility index (Phi) is 12.1. The number of benzene rings is 8. The van der Waals surface area contributed by atoms with Crippen molar-refractivity contribution < 1.29 is 8.95 Å². The molecule has 0 radical (unpaired) electrons. The van der Waals surface area contributed by atoms with Crippen LogP contribution in [0.5, 0.6) is 0 Å². The van der Waals surface area contributed by atoms with Gasteiger partial charge in [-0.1, -0.05) is 162 Å². The zero-order valence-electron chi connectivity index (χ0n) is 44.3. The van der Waals surface area contributed by atoms with Gasteiger partial charge >= 0.3 is 0 Å². The molecule has 0 amide bonds. The number of nitrogens with zero attached hydrogens (tertiary/aromatic N) is 8. The lowest BCUT2D eigenvalue weighted by Gasteiger charge is -2.33. The molecule has 0 fully saturated rings. The number of amidine groups is 7. The molecule has 0 N–H and O–H groups in total. The predicted molar refractivity (Wildman–Crippen MR) is 320 cm³/mol. The highest BCUT2D eigenvalue weighted by atomic mass is 28.4. The summed E-state index contributed by atoms with van der Waals surface area (Å²) < 4.78 is 15.4. The van der Waals surface area contributed by atoms with Crippen LogP contribution in [-0.4, -0.2) is 62.5 Å². The fourth-order valence-corrected chi connectivity index (χ4v) is 15.6. The van der Waals surface area contributed by atoms with Gasteiger partial charge in [-0.3, -0.25) is 0 Å². The summed E-state index contributed by atoms with van der Waals surface area (Å²) in [6.07, 6.45) is 9.15. The summed E-state index contributed by atoms with van der Waals surface area (Å²) in [6.45, 7) is 13.8. The van der Waals surface area contributed by atoms with Crippen molar-refractivity contribution in [1.29, 1.82) is 0 Å². The highest BCUT2D eigenvalue weighted by Crippen LogP contribution is 2.46. The first-order valence-electron chi connectivity index (χ1n) is 27.4. The first kappa shape index (κ1) is 48.3. The van der Waals surface area contributed by atoms with Crippen LogP contribution in [0.25, 0.3) is 43.1 Å². The molecular weight excluding hydrogens is 969 g/mol. The van der Waals surface area contributed by atoms with Crippen LogP contribution >= 0.6 is 0 Å². The molecule has 5 aliphatic heterocycles. The summed E-state index contributed by atoms with van der Waals surface area (Å²) in [7, 11) is -5.07. The maximum atomic E-state index is 7.74. The number of hydrogen-bond acceptors (Lipinski definition) is 10. The Bertz CT molecular complexity index is 3960. The molecule has 10 nitrogen and oxygen atoms in total. The number of unbranched alkanes of at least 4 members (excludes halogenated alkanes) is 6. The molecule has 8 aromatic carbocycles. The third kappa shape index (κ3) is 8.70. The molecule has 76 heavy (non-hydrogen) atoms. The van der Waals surface area contributed by atoms with E-state index in [-0.39, 0.29) is 0 Å². The maximum Gasteiger partial charge on any atom is 0.280 e. The van der Waals surface area contributed by atoms with E-state index in [0.29, 0.717) is 40.8 Å². The second-order valence-corrected chi connectivity index (χ2v) is 30.7. The smallest absolute Gasteiger partial charge is 0.280 e. The van der Waals surface area contributed by atoms with Crippen molar-refractivity contribution in [3.05, 3.63) is 190 Å². The fourth-order valence-electron chi connectivity index (χ4n) is 11.6. The first-order valence-corrected chi connectivity index (χ1v) is 33.7. The molecule has 378 valence electrons. The molecular formula is C64H62N8O2Si2. The van der Waals surface area contributed by atoms with E-state index in [1.54, 1.807) is 0 Å². The van der Waals surface area contributed by atoms with Gasteiger partial charge in [-0.05, 0) is 130 Å². The monoisotopic (exact) mass is 1030 g/mol. The molecule has 1 unspecified atom stereocenters. The van der Waals surface area contributed by atoms with E-state index in [0.717, 1.165) is 132 Å². The first-order chi connectivity index (χ1) is 36.9. The van der Waals surface area contributed by atoms with Gasteiger partial charge in [0.1, 0.15) is 0 Å². The van der Waals surface area contributed by atoms with E-state index >= 15 is 0 Å². The quantitative estimate of drug-likeness (QED) is 0.0799. The van der Waals surface area contributed by atoms with Gasteiger partial charge in [-0.15, -0.1) is 0 Å². The summed E-state index contributed by atoms with van der Waals surface area (Å²) in [5, 5.41) is 10.6. The Labute approximate surface area is 446 Å². The van der Waals surface area contributed by atoms with Gasteiger partial charge in [0.25, 0.3) is 5.85 Å². The highest BCUT2D eigenvalue weighted by molar-refractivity contribution is 6.71. The van der Waals surface area contributed by atoms with Crippen LogP contribution in [0.3, 0.4) is 0 Å². The van der Waals surface area contributed by atoms with E-state index < -0.39 is 22.5 Å². The standard InChI is InChI=1S/C64H62N8O2Si2/c1-7-9-11-21-31-75(3,4)73-64-56-40-48-30-20-19-29-47(48)39-55(56)61(71-64)67-59-52-36-44-26-16-18-28-46(44)38-54(52)63(69-59)72(74-76(5,6)32-22-12-10-8-2)62-53-37-45-27-17-15-25-43(45)35-51(53)58(68-62)65-57-49-33-41-23-13-14-24-42(41)34-50(49)60(66-57)70-64/h13-20,23-30,33-40H,7-12,21-22,31-32H2,1-6H3. The van der Waals surface area contributed by atoms with Crippen LogP contribution < -0.4 is 0 Å². The summed E-state index contributed by atoms with van der Waals surface area (Å²) in [6, 6.07) is 53.5. The lowest BCUT2D eigenvalue weighted by atomic mass is 9.98. The zero-order chi connectivity index (χ0) is 51.8. The minimum atomic E-state index is -2.56. The summed E-state index contributed by atoms with van der Waals surface area (Å²) in [5.74, 6) is 2.29. The molecule has 12 heteroatoms. The largest absolute Gasteiger partial charge is 0.373 e. The number of hydroxylamine groups is 2. The number of aliphatic imine (C=N–C) groups is 7. The van der Waals surface area contributed by atoms with Crippen LogP contribution in [0.2, 0.25) is 38.3 Å². The highest BCUT2D eigenvalue weighted by Gasteiger charge is 2.48. The molecule has 1 atom stereocenters. The molecule has 5 heterocycles. The average molecular weight is 1030 g/mol. The summed E-state index contributed by atoms with van der Waals surface area (Å²) in [4.78, 5) is 39.5. The van der Waals surface area contributed by atoms with Gasteiger partial charge in [-0.25, -0.2) is 34.9 Å².